The molecule has 1 aliphatic rings. The molecule has 0 fully saturated rings. The van der Waals surface area contributed by atoms with Crippen molar-refractivity contribution in [1.82, 2.24) is 5.01 Å². The molecule has 1 aliphatic heterocycles. The maximum atomic E-state index is 13.0. The molecule has 2 aromatic carbocycles. The lowest BCUT2D eigenvalue weighted by Gasteiger charge is -2.31. The van der Waals surface area contributed by atoms with Gasteiger partial charge in [0.15, 0.2) is 5.82 Å². The second kappa shape index (κ2) is 5.80. The van der Waals surface area contributed by atoms with Gasteiger partial charge in [-0.05, 0) is 37.1 Å². The largest absolute Gasteiger partial charge is 0.374 e. The Morgan fingerprint density at radius 3 is 2.25 bits per heavy atom. The van der Waals surface area contributed by atoms with Crippen molar-refractivity contribution in [1.29, 1.82) is 0 Å². The minimum atomic E-state index is 0.0801. The lowest BCUT2D eigenvalue weighted by atomic mass is 10.0. The van der Waals surface area contributed by atoms with E-state index in [2.05, 4.69) is 24.4 Å². The van der Waals surface area contributed by atoms with Crippen LogP contribution >= 0.6 is 0 Å². The standard InChI is InChI=1S/C20H23N3O/c1-14-9-11-16(12-10-14)18-19(22(3)23(4,5)20(18)24)21-17-8-6-7-15(2)13-17/h6-13H,1-5H3/p+1. The topological polar surface area (TPSA) is 32.3 Å². The van der Waals surface area contributed by atoms with Gasteiger partial charge in [-0.3, -0.25) is 0 Å². The molecule has 0 spiro atoms. The van der Waals surface area contributed by atoms with Gasteiger partial charge in [0, 0.05) is 5.69 Å². The van der Waals surface area contributed by atoms with Gasteiger partial charge < -0.3 is 5.32 Å². The van der Waals surface area contributed by atoms with Crippen molar-refractivity contribution in [3.63, 3.8) is 0 Å². The van der Waals surface area contributed by atoms with E-state index < -0.39 is 0 Å². The van der Waals surface area contributed by atoms with Crippen LogP contribution in [0.4, 0.5) is 5.69 Å². The van der Waals surface area contributed by atoms with E-state index in [0.717, 1.165) is 22.6 Å². The molecule has 124 valence electrons. The molecule has 0 radical (unpaired) electrons. The first-order chi connectivity index (χ1) is 11.3. The van der Waals surface area contributed by atoms with Crippen LogP contribution in [0.2, 0.25) is 0 Å². The zero-order chi connectivity index (χ0) is 17.5. The molecule has 1 heterocycles. The number of anilines is 1. The summed E-state index contributed by atoms with van der Waals surface area (Å²) in [4.78, 5) is 13.0. The Morgan fingerprint density at radius 2 is 1.62 bits per heavy atom. The molecule has 0 aromatic heterocycles. The first kappa shape index (κ1) is 16.3. The summed E-state index contributed by atoms with van der Waals surface area (Å²) in [5, 5.41) is 5.42. The van der Waals surface area contributed by atoms with Gasteiger partial charge in [-0.15, -0.1) is 0 Å². The highest BCUT2D eigenvalue weighted by Gasteiger charge is 2.46. The predicted octanol–water partition coefficient (Wildman–Crippen LogP) is 3.55. The van der Waals surface area contributed by atoms with Crippen molar-refractivity contribution in [2.75, 3.05) is 26.5 Å². The number of likely N-dealkylation sites (N-methyl/N-ethyl adjacent to an activating group) is 1. The van der Waals surface area contributed by atoms with Gasteiger partial charge >= 0.3 is 5.91 Å². The van der Waals surface area contributed by atoms with Crippen LogP contribution in [0.15, 0.2) is 54.4 Å². The van der Waals surface area contributed by atoms with Crippen molar-refractivity contribution < 1.29 is 9.39 Å². The molecular formula is C20H24N3O+. The number of carbonyl (C=O) groups is 1. The Bertz CT molecular complexity index is 819. The number of hydrogen-bond acceptors (Lipinski definition) is 3. The fourth-order valence-electron chi connectivity index (χ4n) is 2.91. The van der Waals surface area contributed by atoms with E-state index in [9.17, 15) is 4.79 Å². The number of quaternary nitrogens is 1. The lowest BCUT2D eigenvalue weighted by Crippen LogP contribution is -2.51. The monoisotopic (exact) mass is 322 g/mol. The zero-order valence-electron chi connectivity index (χ0n) is 14.9. The van der Waals surface area contributed by atoms with Crippen LogP contribution in [0.5, 0.6) is 0 Å². The van der Waals surface area contributed by atoms with Crippen LogP contribution in [0.3, 0.4) is 0 Å². The minimum absolute atomic E-state index is 0.0801. The van der Waals surface area contributed by atoms with Gasteiger partial charge in [0.25, 0.3) is 0 Å². The maximum Gasteiger partial charge on any atom is 0.374 e. The second-order valence-corrected chi connectivity index (χ2v) is 6.81. The molecule has 3 rings (SSSR count). The highest BCUT2D eigenvalue weighted by Crippen LogP contribution is 2.34. The van der Waals surface area contributed by atoms with Crippen LogP contribution in [-0.4, -0.2) is 36.7 Å². The SMILES string of the molecule is Cc1ccc(C2=C(Nc3cccc(C)c3)N(C)[N+](C)(C)C2=O)cc1. The van der Waals surface area contributed by atoms with E-state index in [1.165, 1.54) is 11.1 Å². The number of rotatable bonds is 3. The van der Waals surface area contributed by atoms with Gasteiger partial charge in [0.2, 0.25) is 0 Å². The lowest BCUT2D eigenvalue weighted by molar-refractivity contribution is -0.917. The van der Waals surface area contributed by atoms with E-state index in [0.29, 0.717) is 0 Å². The molecule has 0 atom stereocenters. The molecule has 24 heavy (non-hydrogen) atoms. The van der Waals surface area contributed by atoms with Gasteiger partial charge in [-0.2, -0.15) is 4.59 Å². The summed E-state index contributed by atoms with van der Waals surface area (Å²) in [6.45, 7) is 4.11. The molecule has 4 nitrogen and oxygen atoms in total. The Labute approximate surface area is 143 Å². The van der Waals surface area contributed by atoms with Crippen LogP contribution < -0.4 is 5.32 Å². The summed E-state index contributed by atoms with van der Waals surface area (Å²) in [7, 11) is 5.75. The molecule has 0 saturated carbocycles. The van der Waals surface area contributed by atoms with E-state index in [1.807, 2.05) is 69.5 Å². The molecule has 1 amide bonds. The van der Waals surface area contributed by atoms with E-state index in [1.54, 1.807) is 0 Å². The quantitative estimate of drug-likeness (QED) is 0.877. The summed E-state index contributed by atoms with van der Waals surface area (Å²) in [6.07, 6.45) is 0. The minimum Gasteiger partial charge on any atom is -0.337 e. The summed E-state index contributed by atoms with van der Waals surface area (Å²) in [6, 6.07) is 16.3. The average molecular weight is 322 g/mol. The molecule has 2 aromatic rings. The fourth-order valence-corrected chi connectivity index (χ4v) is 2.91. The fraction of sp³-hybridized carbons (Fsp3) is 0.250. The highest BCUT2D eigenvalue weighted by atomic mass is 16.2. The number of amides is 1. The maximum absolute atomic E-state index is 13.0. The normalized spacial score (nSPS) is 16.7. The van der Waals surface area contributed by atoms with E-state index in [-0.39, 0.29) is 10.5 Å². The average Bonchev–Trinajstić information content (AvgIpc) is 2.70. The van der Waals surface area contributed by atoms with Crippen molar-refractivity contribution in [2.24, 2.45) is 0 Å². The molecule has 1 N–H and O–H groups in total. The number of nitrogens with one attached hydrogen (secondary N) is 1. The van der Waals surface area contributed by atoms with Crippen molar-refractivity contribution in [2.45, 2.75) is 13.8 Å². The van der Waals surface area contributed by atoms with Crippen LogP contribution in [0.25, 0.3) is 5.57 Å². The van der Waals surface area contributed by atoms with Crippen LogP contribution in [-0.2, 0) is 4.79 Å². The van der Waals surface area contributed by atoms with Crippen LogP contribution in [0.1, 0.15) is 16.7 Å². The number of aryl methyl sites for hydroxylation is 2. The van der Waals surface area contributed by atoms with Gasteiger partial charge in [0.1, 0.15) is 5.57 Å². The molecule has 0 unspecified atom stereocenters. The smallest absolute Gasteiger partial charge is 0.337 e. The number of hydrogen-bond donors (Lipinski definition) is 1. The van der Waals surface area contributed by atoms with Gasteiger partial charge in [-0.1, -0.05) is 42.0 Å². The Hall–Kier alpha value is -2.59. The van der Waals surface area contributed by atoms with E-state index in [4.69, 9.17) is 0 Å². The first-order valence-corrected chi connectivity index (χ1v) is 8.09. The summed E-state index contributed by atoms with van der Waals surface area (Å²) >= 11 is 0. The first-order valence-electron chi connectivity index (χ1n) is 8.09. The third-order valence-corrected chi connectivity index (χ3v) is 4.64. The third-order valence-electron chi connectivity index (χ3n) is 4.64. The second-order valence-electron chi connectivity index (χ2n) is 6.81. The summed E-state index contributed by atoms with van der Waals surface area (Å²) in [5.74, 6) is 0.913. The predicted molar refractivity (Wildman–Crippen MR) is 97.8 cm³/mol. The Kier molecular flexibility index (Phi) is 3.93. The van der Waals surface area contributed by atoms with Crippen molar-refractivity contribution in [3.05, 3.63) is 71.0 Å². The Balaban J connectivity index is 2.11. The van der Waals surface area contributed by atoms with Crippen LogP contribution in [0, 0.1) is 13.8 Å². The summed E-state index contributed by atoms with van der Waals surface area (Å²) < 4.78 is 0.164. The zero-order valence-corrected chi connectivity index (χ0v) is 14.9. The molecule has 4 heteroatoms. The molecular weight excluding hydrogens is 298 g/mol. The third kappa shape index (κ3) is 2.69. The number of carbonyl (C=O) groups excluding carboxylic acids is 1. The van der Waals surface area contributed by atoms with Crippen molar-refractivity contribution in [3.8, 4) is 0 Å². The van der Waals surface area contributed by atoms with Gasteiger partial charge in [-0.25, -0.2) is 9.80 Å². The summed E-state index contributed by atoms with van der Waals surface area (Å²) in [5.41, 5.74) is 5.01. The molecule has 0 aliphatic carbocycles. The molecule has 0 saturated heterocycles. The number of benzene rings is 2. The molecule has 0 bridgehead atoms. The van der Waals surface area contributed by atoms with Gasteiger partial charge in [0.05, 0.1) is 21.1 Å². The Morgan fingerprint density at radius 1 is 0.958 bits per heavy atom. The van der Waals surface area contributed by atoms with Crippen molar-refractivity contribution >= 4 is 17.2 Å². The van der Waals surface area contributed by atoms with E-state index >= 15 is 0 Å². The highest BCUT2D eigenvalue weighted by molar-refractivity contribution is 6.18. The number of nitrogens with zero attached hydrogens (tertiary/aromatic N) is 2.